The van der Waals surface area contributed by atoms with Crippen LogP contribution < -0.4 is 14.7 Å². The molecule has 0 fully saturated rings. The van der Waals surface area contributed by atoms with Gasteiger partial charge in [0, 0.05) is 31.2 Å². The predicted molar refractivity (Wildman–Crippen MR) is 114 cm³/mol. The van der Waals surface area contributed by atoms with Crippen LogP contribution in [0.4, 0.5) is 17.1 Å². The van der Waals surface area contributed by atoms with Crippen molar-refractivity contribution < 1.29 is 20.0 Å². The van der Waals surface area contributed by atoms with E-state index in [1.807, 2.05) is 0 Å². The molecule has 5 heteroatoms. The van der Waals surface area contributed by atoms with Crippen LogP contribution in [0.25, 0.3) is 6.08 Å². The van der Waals surface area contributed by atoms with Gasteiger partial charge in [0.2, 0.25) is 0 Å². The van der Waals surface area contributed by atoms with Crippen LogP contribution in [-0.2, 0) is 20.0 Å². The third-order valence-corrected chi connectivity index (χ3v) is 4.89. The molecular weight excluding hydrogens is 450 g/mol. The molecule has 27 heavy (non-hydrogen) atoms. The molecule has 2 aromatic carbocycles. The molecule has 0 radical (unpaired) electrons. The van der Waals surface area contributed by atoms with Crippen LogP contribution in [0.15, 0.2) is 48.3 Å². The summed E-state index contributed by atoms with van der Waals surface area (Å²) >= 11 is 2.42. The second kappa shape index (κ2) is 8.15. The van der Waals surface area contributed by atoms with Crippen molar-refractivity contribution in [1.29, 1.82) is 0 Å². The number of hydrogen-bond donors (Lipinski definition) is 0. The number of fused-ring (bicyclic) bond motifs is 3. The van der Waals surface area contributed by atoms with Gasteiger partial charge in [0.15, 0.2) is 0 Å². The molecule has 0 atom stereocenters. The van der Waals surface area contributed by atoms with Crippen LogP contribution >= 0.6 is 9.19 Å². The fraction of sp³-hybridized carbons (Fsp3) is 0.227. The summed E-state index contributed by atoms with van der Waals surface area (Å²) in [7, 11) is 8.64. The van der Waals surface area contributed by atoms with Crippen molar-refractivity contribution in [2.24, 2.45) is 0 Å². The SMILES string of the molecule is Cc1cc(C)c(N2C=C3C=Cc4cccc(N(C)C)c4N3[CH-]2)c(C)c1.[Cl][Ag]. The van der Waals surface area contributed by atoms with E-state index in [9.17, 15) is 0 Å². The maximum absolute atomic E-state index is 4.45. The van der Waals surface area contributed by atoms with E-state index >= 15 is 0 Å². The monoisotopic (exact) mass is 472 g/mol. The molecule has 146 valence electrons. The summed E-state index contributed by atoms with van der Waals surface area (Å²) in [5.41, 5.74) is 10.1. The van der Waals surface area contributed by atoms with Gasteiger partial charge >= 0.3 is 29.2 Å². The first-order valence-electron chi connectivity index (χ1n) is 8.78. The molecule has 0 spiro atoms. The second-order valence-electron chi connectivity index (χ2n) is 7.14. The van der Waals surface area contributed by atoms with Crippen LogP contribution in [0.5, 0.6) is 0 Å². The summed E-state index contributed by atoms with van der Waals surface area (Å²) in [6.45, 7) is 8.74. The van der Waals surface area contributed by atoms with Crippen molar-refractivity contribution in [1.82, 2.24) is 0 Å². The molecule has 0 saturated carbocycles. The minimum absolute atomic E-state index is 1.20. The Kier molecular flexibility index (Phi) is 6.07. The third kappa shape index (κ3) is 3.70. The molecule has 0 N–H and O–H groups in total. The number of hydrogen-bond acceptors (Lipinski definition) is 3. The number of para-hydroxylation sites is 1. The Labute approximate surface area is 178 Å². The van der Waals surface area contributed by atoms with E-state index in [1.165, 1.54) is 45.0 Å². The summed E-state index contributed by atoms with van der Waals surface area (Å²) < 4.78 is 0. The number of aryl methyl sites for hydroxylation is 3. The first-order valence-corrected chi connectivity index (χ1v) is 10.7. The standard InChI is InChI=1S/C22H24N3.Ag.ClH/c1-15-11-16(2)21(17(3)12-15)24-13-19-10-9-18-7-6-8-20(23(4)5)22(18)25(19)14-24;;/h6-14H,1-5H3;;1H/q-1;+1;/p-1. The Balaban J connectivity index is 0.00000102. The molecule has 0 aromatic heterocycles. The van der Waals surface area contributed by atoms with E-state index in [0.717, 1.165) is 0 Å². The molecular formula is C22H24AgClN3-. The molecule has 0 amide bonds. The van der Waals surface area contributed by atoms with Crippen molar-refractivity contribution in [3.8, 4) is 0 Å². The second-order valence-corrected chi connectivity index (χ2v) is 7.14. The van der Waals surface area contributed by atoms with Crippen molar-refractivity contribution in [3.63, 3.8) is 0 Å². The predicted octanol–water partition coefficient (Wildman–Crippen LogP) is 5.68. The van der Waals surface area contributed by atoms with Gasteiger partial charge in [0.05, 0.1) is 5.69 Å². The van der Waals surface area contributed by atoms with Crippen LogP contribution in [-0.4, -0.2) is 14.1 Å². The van der Waals surface area contributed by atoms with Crippen LogP contribution in [0.1, 0.15) is 22.3 Å². The van der Waals surface area contributed by atoms with Gasteiger partial charge in [0.25, 0.3) is 0 Å². The Morgan fingerprint density at radius 2 is 1.63 bits per heavy atom. The molecule has 0 bridgehead atoms. The van der Waals surface area contributed by atoms with Crippen molar-refractivity contribution in [2.75, 3.05) is 28.8 Å². The molecule has 2 aromatic rings. The summed E-state index contributed by atoms with van der Waals surface area (Å²) in [6, 6.07) is 11.0. The Morgan fingerprint density at radius 1 is 0.963 bits per heavy atom. The summed E-state index contributed by atoms with van der Waals surface area (Å²) in [6.07, 6.45) is 6.62. The van der Waals surface area contributed by atoms with Gasteiger partial charge < -0.3 is 14.7 Å². The van der Waals surface area contributed by atoms with Gasteiger partial charge in [-0.3, -0.25) is 0 Å². The zero-order chi connectivity index (χ0) is 19.7. The van der Waals surface area contributed by atoms with Crippen LogP contribution in [0, 0.1) is 27.4 Å². The first kappa shape index (κ1) is 20.1. The van der Waals surface area contributed by atoms with Gasteiger partial charge in [-0.2, -0.15) is 0 Å². The third-order valence-electron chi connectivity index (χ3n) is 4.89. The van der Waals surface area contributed by atoms with Gasteiger partial charge in [-0.25, -0.2) is 0 Å². The molecule has 0 saturated heterocycles. The van der Waals surface area contributed by atoms with Gasteiger partial charge in [-0.15, -0.1) is 6.67 Å². The van der Waals surface area contributed by atoms with Gasteiger partial charge in [-0.05, 0) is 55.8 Å². The quantitative estimate of drug-likeness (QED) is 0.410. The van der Waals surface area contributed by atoms with E-state index in [-0.39, 0.29) is 0 Å². The van der Waals surface area contributed by atoms with E-state index in [4.69, 9.17) is 0 Å². The van der Waals surface area contributed by atoms with Crippen LogP contribution in [0.3, 0.4) is 0 Å². The molecule has 2 heterocycles. The van der Waals surface area contributed by atoms with Gasteiger partial charge in [-0.1, -0.05) is 35.9 Å². The molecule has 3 nitrogen and oxygen atoms in total. The maximum atomic E-state index is 4.45. The Morgan fingerprint density at radius 3 is 2.26 bits per heavy atom. The fourth-order valence-electron chi connectivity index (χ4n) is 3.92. The summed E-state index contributed by atoms with van der Waals surface area (Å²) in [5, 5.41) is 0. The number of nitrogens with zero attached hydrogens (tertiary/aromatic N) is 3. The van der Waals surface area contributed by atoms with E-state index in [0.29, 0.717) is 0 Å². The average Bonchev–Trinajstić information content (AvgIpc) is 3.05. The number of halogens is 1. The minimum atomic E-state index is 1.20. The first-order chi connectivity index (χ1) is 13.0. The number of benzene rings is 2. The Bertz CT molecular complexity index is 895. The van der Waals surface area contributed by atoms with Gasteiger partial charge in [0.1, 0.15) is 0 Å². The molecule has 2 aliphatic heterocycles. The van der Waals surface area contributed by atoms with E-state index in [2.05, 4.69) is 134 Å². The zero-order valence-electron chi connectivity index (χ0n) is 16.2. The molecule has 2 aliphatic rings. The van der Waals surface area contributed by atoms with E-state index < -0.39 is 0 Å². The van der Waals surface area contributed by atoms with Crippen molar-refractivity contribution >= 4 is 32.3 Å². The normalized spacial score (nSPS) is 14.3. The van der Waals surface area contributed by atoms with Crippen molar-refractivity contribution in [2.45, 2.75) is 20.8 Å². The number of rotatable bonds is 2. The van der Waals surface area contributed by atoms with E-state index in [1.54, 1.807) is 0 Å². The number of anilines is 3. The molecule has 4 rings (SSSR count). The molecule has 0 unspecified atom stereocenters. The molecule has 0 aliphatic carbocycles. The van der Waals surface area contributed by atoms with Crippen LogP contribution in [0.2, 0.25) is 0 Å². The zero-order valence-corrected chi connectivity index (χ0v) is 18.5. The number of allylic oxidation sites excluding steroid dienone is 1. The summed E-state index contributed by atoms with van der Waals surface area (Å²) in [4.78, 5) is 6.73. The summed E-state index contributed by atoms with van der Waals surface area (Å²) in [5.74, 6) is 0. The fourth-order valence-corrected chi connectivity index (χ4v) is 3.92. The Hall–Kier alpha value is -1.65. The topological polar surface area (TPSA) is 9.72 Å². The van der Waals surface area contributed by atoms with Crippen molar-refractivity contribution in [3.05, 3.63) is 77.2 Å². The average molecular weight is 474 g/mol.